The van der Waals surface area contributed by atoms with Crippen LogP contribution in [0.2, 0.25) is 0 Å². The van der Waals surface area contributed by atoms with E-state index in [0.717, 1.165) is 68.5 Å². The lowest BCUT2D eigenvalue weighted by atomic mass is 10.1. The normalized spacial score (nSPS) is 15.2. The molecule has 14 heteroatoms. The summed E-state index contributed by atoms with van der Waals surface area (Å²) in [4.78, 5) is 72.2. The van der Waals surface area contributed by atoms with Crippen LogP contribution < -0.4 is 16.4 Å². The highest BCUT2D eigenvalue weighted by atomic mass is 16.6. The second kappa shape index (κ2) is 21.0. The molecule has 2 saturated heterocycles. The van der Waals surface area contributed by atoms with Crippen molar-refractivity contribution in [1.82, 2.24) is 19.8 Å². The summed E-state index contributed by atoms with van der Waals surface area (Å²) in [6.45, 7) is 1.20. The second-order valence-corrected chi connectivity index (χ2v) is 17.2. The molecule has 0 spiro atoms. The Bertz CT molecular complexity index is 3110. The Labute approximate surface area is 399 Å². The van der Waals surface area contributed by atoms with Gasteiger partial charge in [0.25, 0.3) is 5.69 Å². The highest BCUT2D eigenvalue weighted by Gasteiger charge is 2.35. The van der Waals surface area contributed by atoms with Crippen molar-refractivity contribution in [3.8, 4) is 22.5 Å². The molecule has 2 atom stereocenters. The number of aromatic amines is 2. The lowest BCUT2D eigenvalue weighted by molar-refractivity contribution is -0.384. The molecule has 350 valence electrons. The fourth-order valence-electron chi connectivity index (χ4n) is 9.02. The van der Waals surface area contributed by atoms with E-state index in [0.29, 0.717) is 49.2 Å². The van der Waals surface area contributed by atoms with Crippen LogP contribution in [0, 0.1) is 10.1 Å². The summed E-state index contributed by atoms with van der Waals surface area (Å²) < 4.78 is 0. The van der Waals surface area contributed by atoms with Gasteiger partial charge in [-0.2, -0.15) is 0 Å². The number of non-ortho nitro benzene ring substituents is 1. The molecule has 2 fully saturated rings. The minimum atomic E-state index is -0.476. The number of hydrogen-bond donors (Lipinski definition) is 5. The number of anilines is 3. The van der Waals surface area contributed by atoms with Gasteiger partial charge >= 0.3 is 0 Å². The van der Waals surface area contributed by atoms with Crippen molar-refractivity contribution in [2.24, 2.45) is 0 Å². The summed E-state index contributed by atoms with van der Waals surface area (Å²) in [5.74, 6) is -0.366. The molecule has 6 N–H and O–H groups in total. The van der Waals surface area contributed by atoms with Crippen LogP contribution in [0.25, 0.3) is 44.3 Å². The first-order valence-corrected chi connectivity index (χ1v) is 22.7. The number of aromatic nitrogens is 2. The summed E-state index contributed by atoms with van der Waals surface area (Å²) in [5, 5.41) is 18.9. The number of benzene rings is 6. The van der Waals surface area contributed by atoms with Crippen molar-refractivity contribution in [3.63, 3.8) is 0 Å². The van der Waals surface area contributed by atoms with E-state index in [-0.39, 0.29) is 43.2 Å². The third-order valence-electron chi connectivity index (χ3n) is 12.5. The third-order valence-corrected chi connectivity index (χ3v) is 12.5. The van der Waals surface area contributed by atoms with Crippen molar-refractivity contribution in [2.45, 2.75) is 58.0 Å². The first-order chi connectivity index (χ1) is 33.0. The summed E-state index contributed by atoms with van der Waals surface area (Å²) in [7, 11) is 0. The van der Waals surface area contributed by atoms with E-state index in [4.69, 9.17) is 5.73 Å². The first-order valence-electron chi connectivity index (χ1n) is 22.7. The Morgan fingerprint density at radius 1 is 0.580 bits per heavy atom. The Hall–Kier alpha value is -8.52. The lowest BCUT2D eigenvalue weighted by Crippen LogP contribution is -2.43. The summed E-state index contributed by atoms with van der Waals surface area (Å²) >= 11 is 0. The van der Waals surface area contributed by atoms with Crippen molar-refractivity contribution < 1.29 is 24.1 Å². The Balaban J connectivity index is 0.000000184. The van der Waals surface area contributed by atoms with E-state index in [9.17, 15) is 29.3 Å². The van der Waals surface area contributed by atoms with Gasteiger partial charge < -0.3 is 36.1 Å². The molecule has 2 aliphatic heterocycles. The molecule has 8 aromatic rings. The highest BCUT2D eigenvalue weighted by Crippen LogP contribution is 2.30. The van der Waals surface area contributed by atoms with Gasteiger partial charge in [-0.15, -0.1) is 0 Å². The Morgan fingerprint density at radius 2 is 1.01 bits per heavy atom. The number of nitro groups is 1. The topological polar surface area (TPSA) is 200 Å². The van der Waals surface area contributed by atoms with Gasteiger partial charge in [-0.3, -0.25) is 29.3 Å². The maximum atomic E-state index is 13.0. The molecule has 14 nitrogen and oxygen atoms in total. The number of rotatable bonds is 11. The van der Waals surface area contributed by atoms with Crippen LogP contribution in [0.5, 0.6) is 0 Å². The molecule has 0 unspecified atom stereocenters. The minimum absolute atomic E-state index is 0. The van der Waals surface area contributed by atoms with Gasteiger partial charge in [0.15, 0.2) is 0 Å². The number of nitrogens with one attached hydrogen (secondary N) is 4. The zero-order valence-corrected chi connectivity index (χ0v) is 37.2. The van der Waals surface area contributed by atoms with Crippen LogP contribution in [-0.4, -0.2) is 73.5 Å². The smallest absolute Gasteiger partial charge is 0.271 e. The fraction of sp³-hybridized carbons (Fsp3) is 0.200. The molecule has 69 heavy (non-hydrogen) atoms. The first kappa shape index (κ1) is 47.0. The Morgan fingerprint density at radius 3 is 1.46 bits per heavy atom. The molecule has 2 aliphatic rings. The third kappa shape index (κ3) is 11.0. The zero-order chi connectivity index (χ0) is 47.1. The molecule has 4 heterocycles. The maximum absolute atomic E-state index is 13.0. The highest BCUT2D eigenvalue weighted by molar-refractivity contribution is 5.99. The molecule has 0 saturated carbocycles. The van der Waals surface area contributed by atoms with Crippen molar-refractivity contribution in [1.29, 1.82) is 0 Å². The van der Waals surface area contributed by atoms with E-state index < -0.39 is 17.0 Å². The monoisotopic (exact) mass is 922 g/mol. The number of fused-ring (bicyclic) bond motifs is 2. The summed E-state index contributed by atoms with van der Waals surface area (Å²) in [5.41, 5.74) is 15.3. The van der Waals surface area contributed by atoms with Crippen molar-refractivity contribution >= 4 is 68.2 Å². The number of carbonyl (C=O) groups is 4. The average Bonchev–Trinajstić information content (AvgIpc) is 4.19. The number of nitrogen functional groups attached to an aromatic ring is 1. The quantitative estimate of drug-likeness (QED) is 0.0483. The van der Waals surface area contributed by atoms with Gasteiger partial charge in [0, 0.05) is 70.0 Å². The molecule has 0 radical (unpaired) electrons. The van der Waals surface area contributed by atoms with Crippen molar-refractivity contribution in [3.05, 3.63) is 179 Å². The predicted octanol–water partition coefficient (Wildman–Crippen LogP) is 10.1. The van der Waals surface area contributed by atoms with Crippen LogP contribution in [-0.2, 0) is 32.0 Å². The number of nitro benzene ring substituents is 1. The molecular formula is C55H54N8O6. The standard InChI is InChI=1S/C27H24N4O4.C27H26N4O2.CH4/c32-26(15-18-5-2-1-3-6-18)30-14-4-7-25(30)27(33)28-21-11-8-19(9-12-21)23-16-20-10-13-22(31(34)35)17-24(20)29-23;28-21-11-8-20-16-23(30-24(20)17-21)19-9-12-22(13-10-19)29-27(33)25-7-4-14-31(25)26(32)15-18-5-2-1-3-6-18;/h1-3,5-6,8-13,16-17,25,29H,4,7,14-15H2,(H,28,33);1-3,5-6,8-13,16-17,25,30H,4,7,14-15,28H2,(H,29,33);1H4/t2*25-;/m00./s1. The van der Waals surface area contributed by atoms with E-state index in [1.807, 2.05) is 133 Å². The van der Waals surface area contributed by atoms with Crippen LogP contribution in [0.1, 0.15) is 44.2 Å². The molecule has 4 amide bonds. The predicted molar refractivity (Wildman–Crippen MR) is 272 cm³/mol. The molecular weight excluding hydrogens is 869 g/mol. The number of likely N-dealkylation sites (tertiary alicyclic amines) is 2. The largest absolute Gasteiger partial charge is 0.399 e. The van der Waals surface area contributed by atoms with Crippen LogP contribution in [0.15, 0.2) is 158 Å². The number of carbonyl (C=O) groups excluding carboxylic acids is 4. The van der Waals surface area contributed by atoms with Crippen LogP contribution in [0.3, 0.4) is 0 Å². The molecule has 0 bridgehead atoms. The number of nitrogens with zero attached hydrogens (tertiary/aromatic N) is 3. The maximum Gasteiger partial charge on any atom is 0.271 e. The van der Waals surface area contributed by atoms with E-state index in [1.165, 1.54) is 12.1 Å². The van der Waals surface area contributed by atoms with E-state index in [1.54, 1.807) is 15.9 Å². The summed E-state index contributed by atoms with van der Waals surface area (Å²) in [6, 6.07) is 47.9. The second-order valence-electron chi connectivity index (χ2n) is 17.2. The number of nitrogens with two attached hydrogens (primary N) is 1. The van der Waals surface area contributed by atoms with Crippen LogP contribution in [0.4, 0.5) is 22.7 Å². The Kier molecular flexibility index (Phi) is 14.3. The molecule has 2 aromatic heterocycles. The van der Waals surface area contributed by atoms with E-state index in [2.05, 4.69) is 26.7 Å². The molecule has 6 aromatic carbocycles. The lowest BCUT2D eigenvalue weighted by Gasteiger charge is -2.24. The minimum Gasteiger partial charge on any atom is -0.399 e. The SMILES string of the molecule is C.Nc1ccc2cc(-c3ccc(NC(=O)[C@@H]4CCCN4C(=O)Cc4ccccc4)cc3)[nH]c2c1.O=C(Nc1ccc(-c2cc3ccc([N+](=O)[O-])cc3[nH]2)cc1)[C@@H]1CCCN1C(=O)Cc1ccccc1. The number of amides is 4. The van der Waals surface area contributed by atoms with Gasteiger partial charge in [0.2, 0.25) is 23.6 Å². The van der Waals surface area contributed by atoms with Gasteiger partial charge in [0.1, 0.15) is 12.1 Å². The van der Waals surface area contributed by atoms with Gasteiger partial charge in [-0.05, 0) is 103 Å². The van der Waals surface area contributed by atoms with E-state index >= 15 is 0 Å². The zero-order valence-electron chi connectivity index (χ0n) is 37.2. The van der Waals surface area contributed by atoms with Gasteiger partial charge in [-0.25, -0.2) is 0 Å². The van der Waals surface area contributed by atoms with Crippen molar-refractivity contribution in [2.75, 3.05) is 29.5 Å². The average molecular weight is 923 g/mol. The summed E-state index contributed by atoms with van der Waals surface area (Å²) in [6.07, 6.45) is 3.56. The molecule has 0 aliphatic carbocycles. The molecule has 10 rings (SSSR count). The fourth-order valence-corrected chi connectivity index (χ4v) is 9.02. The van der Waals surface area contributed by atoms with Gasteiger partial charge in [-0.1, -0.05) is 98.4 Å². The van der Waals surface area contributed by atoms with Crippen LogP contribution >= 0.6 is 0 Å². The number of hydrogen-bond acceptors (Lipinski definition) is 7. The van der Waals surface area contributed by atoms with Gasteiger partial charge in [0.05, 0.1) is 23.3 Å². The number of H-pyrrole nitrogens is 2.